The summed E-state index contributed by atoms with van der Waals surface area (Å²) in [6, 6.07) is 4.14. The smallest absolute Gasteiger partial charge is 0.335 e. The molecule has 1 N–H and O–H groups in total. The van der Waals surface area contributed by atoms with Crippen LogP contribution >= 0.6 is 0 Å². The molecule has 1 aromatic heterocycles. The summed E-state index contributed by atoms with van der Waals surface area (Å²) >= 11 is 0. The Kier molecular flexibility index (Phi) is 4.91. The van der Waals surface area contributed by atoms with Crippen molar-refractivity contribution in [3.63, 3.8) is 0 Å². The summed E-state index contributed by atoms with van der Waals surface area (Å²) in [5.74, 6) is -1.17. The van der Waals surface area contributed by atoms with Gasteiger partial charge in [-0.2, -0.15) is 9.40 Å². The van der Waals surface area contributed by atoms with Gasteiger partial charge >= 0.3 is 5.97 Å². The minimum absolute atomic E-state index is 0.00236. The lowest BCUT2D eigenvalue weighted by atomic mass is 10.2. The molecular weight excluding hydrogens is 342 g/mol. The molecule has 1 fully saturated rings. The van der Waals surface area contributed by atoms with Crippen LogP contribution in [0.4, 0.5) is 0 Å². The lowest BCUT2D eigenvalue weighted by Crippen LogP contribution is -2.32. The van der Waals surface area contributed by atoms with Crippen LogP contribution in [-0.4, -0.2) is 46.7 Å². The van der Waals surface area contributed by atoms with Crippen LogP contribution in [0.3, 0.4) is 0 Å². The van der Waals surface area contributed by atoms with Crippen molar-refractivity contribution in [2.24, 2.45) is 0 Å². The fourth-order valence-electron chi connectivity index (χ4n) is 2.97. The number of aromatic nitrogens is 2. The fraction of sp³-hybridized carbons (Fsp3) is 0.412. The van der Waals surface area contributed by atoms with E-state index in [2.05, 4.69) is 5.10 Å². The number of hydrogen-bond acceptors (Lipinski definition) is 4. The number of carboxylic acids is 1. The van der Waals surface area contributed by atoms with E-state index in [9.17, 15) is 18.3 Å². The maximum absolute atomic E-state index is 13.0. The Balaban J connectivity index is 2.08. The van der Waals surface area contributed by atoms with Crippen LogP contribution < -0.4 is 0 Å². The average molecular weight is 363 g/mol. The van der Waals surface area contributed by atoms with Gasteiger partial charge in [0.2, 0.25) is 10.0 Å². The third-order valence-electron chi connectivity index (χ3n) is 4.32. The highest BCUT2D eigenvalue weighted by molar-refractivity contribution is 7.89. The zero-order chi connectivity index (χ0) is 18.0. The summed E-state index contributed by atoms with van der Waals surface area (Å²) in [4.78, 5) is 11.5. The molecule has 0 aliphatic carbocycles. The number of nitrogens with zero attached hydrogens (tertiary/aromatic N) is 3. The molecule has 0 unspecified atom stereocenters. The number of benzene rings is 1. The van der Waals surface area contributed by atoms with E-state index >= 15 is 0 Å². The lowest BCUT2D eigenvalue weighted by molar-refractivity contribution is 0.0696. The predicted octanol–water partition coefficient (Wildman–Crippen LogP) is 2.44. The molecule has 0 spiro atoms. The third kappa shape index (κ3) is 3.74. The highest BCUT2D eigenvalue weighted by Gasteiger charge is 2.27. The van der Waals surface area contributed by atoms with Gasteiger partial charge in [0.15, 0.2) is 0 Å². The molecular formula is C17H21N3O4S. The Labute approximate surface area is 146 Å². The molecule has 0 bridgehead atoms. The predicted molar refractivity (Wildman–Crippen MR) is 92.5 cm³/mol. The van der Waals surface area contributed by atoms with Gasteiger partial charge in [-0.05, 0) is 43.5 Å². The highest BCUT2D eigenvalue weighted by atomic mass is 32.2. The van der Waals surface area contributed by atoms with E-state index in [4.69, 9.17) is 0 Å². The van der Waals surface area contributed by atoms with E-state index in [0.29, 0.717) is 18.8 Å². The zero-order valence-corrected chi connectivity index (χ0v) is 14.9. The van der Waals surface area contributed by atoms with Gasteiger partial charge in [-0.3, -0.25) is 0 Å². The van der Waals surface area contributed by atoms with Crippen molar-refractivity contribution in [2.75, 3.05) is 13.1 Å². The third-order valence-corrected chi connectivity index (χ3v) is 6.19. The van der Waals surface area contributed by atoms with E-state index in [1.807, 2.05) is 6.92 Å². The van der Waals surface area contributed by atoms with Gasteiger partial charge in [0.25, 0.3) is 0 Å². The largest absolute Gasteiger partial charge is 0.478 e. The maximum atomic E-state index is 13.0. The van der Waals surface area contributed by atoms with Gasteiger partial charge in [-0.1, -0.05) is 12.8 Å². The molecule has 1 aromatic carbocycles. The van der Waals surface area contributed by atoms with Crippen molar-refractivity contribution < 1.29 is 18.3 Å². The van der Waals surface area contributed by atoms with Crippen molar-refractivity contribution in [1.29, 1.82) is 0 Å². The molecule has 134 valence electrons. The molecule has 0 radical (unpaired) electrons. The highest BCUT2D eigenvalue weighted by Crippen LogP contribution is 2.24. The second-order valence-electron chi connectivity index (χ2n) is 6.30. The summed E-state index contributed by atoms with van der Waals surface area (Å²) in [6.45, 7) is 2.80. The maximum Gasteiger partial charge on any atom is 0.335 e. The Bertz CT molecular complexity index is 881. The normalized spacial score (nSPS) is 16.5. The molecule has 1 aliphatic rings. The number of aromatic carboxylic acids is 1. The van der Waals surface area contributed by atoms with Crippen LogP contribution in [0, 0.1) is 6.92 Å². The summed E-state index contributed by atoms with van der Waals surface area (Å²) in [5.41, 5.74) is 1.25. The second kappa shape index (κ2) is 6.97. The van der Waals surface area contributed by atoms with Gasteiger partial charge in [0.05, 0.1) is 22.3 Å². The van der Waals surface area contributed by atoms with E-state index in [1.54, 1.807) is 12.4 Å². The lowest BCUT2D eigenvalue weighted by Gasteiger charge is -2.20. The number of carbonyl (C=O) groups is 1. The van der Waals surface area contributed by atoms with Crippen LogP contribution in [0.5, 0.6) is 0 Å². The van der Waals surface area contributed by atoms with Crippen molar-refractivity contribution in [1.82, 2.24) is 14.1 Å². The summed E-state index contributed by atoms with van der Waals surface area (Å²) in [7, 11) is -3.74. The van der Waals surface area contributed by atoms with Crippen LogP contribution in [0.15, 0.2) is 35.5 Å². The molecule has 1 aliphatic heterocycles. The van der Waals surface area contributed by atoms with Crippen molar-refractivity contribution in [2.45, 2.75) is 37.5 Å². The SMILES string of the molecule is Cc1cnn(-c2cc(C(=O)O)cc(S(=O)(=O)N3CCCCCC3)c2)c1. The fourth-order valence-corrected chi connectivity index (χ4v) is 4.56. The molecule has 2 heterocycles. The van der Waals surface area contributed by atoms with Crippen LogP contribution in [0.1, 0.15) is 41.6 Å². The van der Waals surface area contributed by atoms with E-state index in [1.165, 1.54) is 27.2 Å². The molecule has 2 aromatic rings. The first-order valence-corrected chi connectivity index (χ1v) is 9.72. The van der Waals surface area contributed by atoms with Crippen LogP contribution in [0.25, 0.3) is 5.69 Å². The van der Waals surface area contributed by atoms with Crippen molar-refractivity contribution in [3.8, 4) is 5.69 Å². The van der Waals surface area contributed by atoms with E-state index in [-0.39, 0.29) is 10.5 Å². The molecule has 0 amide bonds. The van der Waals surface area contributed by atoms with E-state index < -0.39 is 16.0 Å². The molecule has 8 heteroatoms. The van der Waals surface area contributed by atoms with Crippen molar-refractivity contribution >= 4 is 16.0 Å². The first-order chi connectivity index (χ1) is 11.9. The second-order valence-corrected chi connectivity index (χ2v) is 8.24. The van der Waals surface area contributed by atoms with Crippen LogP contribution in [0.2, 0.25) is 0 Å². The number of sulfonamides is 1. The Morgan fingerprint density at radius 1 is 1.12 bits per heavy atom. The molecule has 25 heavy (non-hydrogen) atoms. The number of aryl methyl sites for hydroxylation is 1. The van der Waals surface area contributed by atoms with Gasteiger partial charge in [-0.15, -0.1) is 0 Å². The van der Waals surface area contributed by atoms with Gasteiger partial charge < -0.3 is 5.11 Å². The topological polar surface area (TPSA) is 92.5 Å². The minimum Gasteiger partial charge on any atom is -0.478 e. The average Bonchev–Trinajstić information content (AvgIpc) is 2.84. The number of rotatable bonds is 4. The summed E-state index contributed by atoms with van der Waals surface area (Å²) in [5, 5.41) is 13.5. The summed E-state index contributed by atoms with van der Waals surface area (Å²) in [6.07, 6.45) is 7.03. The Morgan fingerprint density at radius 3 is 2.36 bits per heavy atom. The zero-order valence-electron chi connectivity index (χ0n) is 14.1. The monoisotopic (exact) mass is 363 g/mol. The quantitative estimate of drug-likeness (QED) is 0.901. The van der Waals surface area contributed by atoms with Crippen LogP contribution in [-0.2, 0) is 10.0 Å². The molecule has 1 saturated heterocycles. The van der Waals surface area contributed by atoms with Gasteiger partial charge in [0, 0.05) is 19.3 Å². The summed E-state index contributed by atoms with van der Waals surface area (Å²) < 4.78 is 29.0. The van der Waals surface area contributed by atoms with E-state index in [0.717, 1.165) is 31.2 Å². The Morgan fingerprint density at radius 2 is 1.80 bits per heavy atom. The number of carboxylic acid groups (broad SMARTS) is 1. The first kappa shape index (κ1) is 17.6. The number of hydrogen-bond donors (Lipinski definition) is 1. The standard InChI is InChI=1S/C17H21N3O4S/c1-13-11-18-20(12-13)15-8-14(17(21)22)9-16(10-15)25(23,24)19-6-4-2-3-5-7-19/h8-12H,2-7H2,1H3,(H,21,22). The minimum atomic E-state index is -3.74. The molecule has 0 atom stereocenters. The molecule has 3 rings (SSSR count). The Hall–Kier alpha value is -2.19. The van der Waals surface area contributed by atoms with Gasteiger partial charge in [0.1, 0.15) is 0 Å². The first-order valence-electron chi connectivity index (χ1n) is 8.28. The molecule has 0 saturated carbocycles. The van der Waals surface area contributed by atoms with Gasteiger partial charge in [-0.25, -0.2) is 17.9 Å². The molecule has 7 nitrogen and oxygen atoms in total. The van der Waals surface area contributed by atoms with Crippen molar-refractivity contribution in [3.05, 3.63) is 41.7 Å².